The summed E-state index contributed by atoms with van der Waals surface area (Å²) in [5.41, 5.74) is -0.227. The zero-order valence-electron chi connectivity index (χ0n) is 10.8. The number of nitriles is 1. The van der Waals surface area contributed by atoms with Crippen LogP contribution in [-0.2, 0) is 11.3 Å². The first-order valence-electron chi connectivity index (χ1n) is 6.24. The highest BCUT2D eigenvalue weighted by Gasteiger charge is 2.36. The third kappa shape index (κ3) is 2.91. The molecule has 0 radical (unpaired) electrons. The first-order valence-corrected chi connectivity index (χ1v) is 6.24. The van der Waals surface area contributed by atoms with Gasteiger partial charge in [-0.15, -0.1) is 0 Å². The van der Waals surface area contributed by atoms with Gasteiger partial charge >= 0.3 is 0 Å². The molecule has 102 valence electrons. The van der Waals surface area contributed by atoms with Crippen molar-refractivity contribution in [2.75, 3.05) is 13.7 Å². The molecule has 1 aliphatic carbocycles. The van der Waals surface area contributed by atoms with E-state index in [1.807, 2.05) is 0 Å². The zero-order chi connectivity index (χ0) is 13.9. The van der Waals surface area contributed by atoms with Crippen LogP contribution in [0.25, 0.3) is 0 Å². The minimum Gasteiger partial charge on any atom is -0.377 e. The van der Waals surface area contributed by atoms with Crippen molar-refractivity contribution in [3.63, 3.8) is 0 Å². The van der Waals surface area contributed by atoms with E-state index in [2.05, 4.69) is 5.32 Å². The molecule has 1 aromatic carbocycles. The van der Waals surface area contributed by atoms with Crippen molar-refractivity contribution < 1.29 is 13.5 Å². The Hall–Kier alpha value is -1.51. The lowest BCUT2D eigenvalue weighted by atomic mass is 9.80. The maximum Gasteiger partial charge on any atom is 0.131 e. The van der Waals surface area contributed by atoms with Crippen LogP contribution in [0.15, 0.2) is 12.1 Å². The number of hydrogen-bond acceptors (Lipinski definition) is 3. The van der Waals surface area contributed by atoms with Crippen molar-refractivity contribution in [1.29, 1.82) is 5.26 Å². The number of halogens is 2. The quantitative estimate of drug-likeness (QED) is 0.890. The Labute approximate surface area is 111 Å². The standard InChI is InChI=1S/C14H16F2N2O/c1-19-14(3-2-4-14)9-18-8-11-12(15)5-10(7-17)6-13(11)16/h5-6,18H,2-4,8-9H2,1H3. The molecule has 0 aliphatic heterocycles. The van der Waals surface area contributed by atoms with E-state index in [-0.39, 0.29) is 23.3 Å². The summed E-state index contributed by atoms with van der Waals surface area (Å²) in [5.74, 6) is -1.38. The van der Waals surface area contributed by atoms with Crippen LogP contribution in [0.3, 0.4) is 0 Å². The van der Waals surface area contributed by atoms with E-state index >= 15 is 0 Å². The lowest BCUT2D eigenvalue weighted by Gasteiger charge is -2.40. The van der Waals surface area contributed by atoms with Gasteiger partial charge < -0.3 is 10.1 Å². The van der Waals surface area contributed by atoms with Crippen molar-refractivity contribution in [3.8, 4) is 6.07 Å². The maximum absolute atomic E-state index is 13.6. The lowest BCUT2D eigenvalue weighted by Crippen LogP contribution is -2.47. The normalized spacial score (nSPS) is 16.7. The Morgan fingerprint density at radius 3 is 2.42 bits per heavy atom. The fourth-order valence-corrected chi connectivity index (χ4v) is 2.28. The average molecular weight is 266 g/mol. The van der Waals surface area contributed by atoms with Crippen molar-refractivity contribution in [2.45, 2.75) is 31.4 Å². The highest BCUT2D eigenvalue weighted by atomic mass is 19.1. The van der Waals surface area contributed by atoms with Gasteiger partial charge in [0.2, 0.25) is 0 Å². The van der Waals surface area contributed by atoms with Gasteiger partial charge in [0.05, 0.1) is 17.2 Å². The van der Waals surface area contributed by atoms with Gasteiger partial charge in [0.15, 0.2) is 0 Å². The van der Waals surface area contributed by atoms with E-state index < -0.39 is 11.6 Å². The van der Waals surface area contributed by atoms with Gasteiger partial charge in [-0.2, -0.15) is 5.26 Å². The molecule has 5 heteroatoms. The lowest BCUT2D eigenvalue weighted by molar-refractivity contribution is -0.0696. The largest absolute Gasteiger partial charge is 0.377 e. The molecular weight excluding hydrogens is 250 g/mol. The highest BCUT2D eigenvalue weighted by Crippen LogP contribution is 2.34. The molecule has 1 fully saturated rings. The van der Waals surface area contributed by atoms with E-state index in [1.165, 1.54) is 0 Å². The van der Waals surface area contributed by atoms with Crippen LogP contribution in [-0.4, -0.2) is 19.3 Å². The maximum atomic E-state index is 13.6. The van der Waals surface area contributed by atoms with Gasteiger partial charge in [0.25, 0.3) is 0 Å². The third-order valence-corrected chi connectivity index (χ3v) is 3.72. The van der Waals surface area contributed by atoms with Gasteiger partial charge in [-0.1, -0.05) is 0 Å². The molecule has 19 heavy (non-hydrogen) atoms. The molecule has 0 saturated heterocycles. The SMILES string of the molecule is COC1(CNCc2c(F)cc(C#N)cc2F)CCC1. The highest BCUT2D eigenvalue weighted by molar-refractivity contribution is 5.34. The molecular formula is C14H16F2N2O. The number of nitrogens with zero attached hydrogens (tertiary/aromatic N) is 1. The molecule has 1 N–H and O–H groups in total. The molecule has 2 rings (SSSR count). The molecule has 0 heterocycles. The average Bonchev–Trinajstić information content (AvgIpc) is 2.35. The second-order valence-electron chi connectivity index (χ2n) is 4.87. The van der Waals surface area contributed by atoms with E-state index in [1.54, 1.807) is 13.2 Å². The molecule has 0 amide bonds. The van der Waals surface area contributed by atoms with Gasteiger partial charge in [-0.3, -0.25) is 0 Å². The van der Waals surface area contributed by atoms with Crippen molar-refractivity contribution in [1.82, 2.24) is 5.32 Å². The van der Waals surface area contributed by atoms with Crippen LogP contribution in [0.1, 0.15) is 30.4 Å². The van der Waals surface area contributed by atoms with Crippen molar-refractivity contribution in [2.24, 2.45) is 0 Å². The molecule has 0 aromatic heterocycles. The Kier molecular flexibility index (Phi) is 4.13. The first kappa shape index (κ1) is 13.9. The molecule has 0 atom stereocenters. The predicted molar refractivity (Wildman–Crippen MR) is 66.4 cm³/mol. The summed E-state index contributed by atoms with van der Waals surface area (Å²) in [4.78, 5) is 0. The minimum atomic E-state index is -0.691. The second kappa shape index (κ2) is 5.64. The van der Waals surface area contributed by atoms with E-state index in [4.69, 9.17) is 10.00 Å². The summed E-state index contributed by atoms with van der Waals surface area (Å²) in [6, 6.07) is 3.83. The molecule has 1 aliphatic rings. The summed E-state index contributed by atoms with van der Waals surface area (Å²) in [7, 11) is 1.66. The van der Waals surface area contributed by atoms with E-state index in [9.17, 15) is 8.78 Å². The number of ether oxygens (including phenoxy) is 1. The summed E-state index contributed by atoms with van der Waals surface area (Å²) < 4.78 is 32.7. The molecule has 1 saturated carbocycles. The zero-order valence-corrected chi connectivity index (χ0v) is 10.8. The van der Waals surface area contributed by atoms with Crippen LogP contribution in [0, 0.1) is 23.0 Å². The van der Waals surface area contributed by atoms with Gasteiger partial charge in [-0.25, -0.2) is 8.78 Å². The second-order valence-corrected chi connectivity index (χ2v) is 4.87. The number of benzene rings is 1. The smallest absolute Gasteiger partial charge is 0.131 e. The Morgan fingerprint density at radius 2 is 2.00 bits per heavy atom. The van der Waals surface area contributed by atoms with Crippen molar-refractivity contribution >= 4 is 0 Å². The molecule has 0 spiro atoms. The predicted octanol–water partition coefficient (Wildman–Crippen LogP) is 2.50. The minimum absolute atomic E-state index is 0.00824. The number of rotatable bonds is 5. The Balaban J connectivity index is 1.98. The van der Waals surface area contributed by atoms with Crippen LogP contribution in [0.5, 0.6) is 0 Å². The van der Waals surface area contributed by atoms with Gasteiger partial charge in [0, 0.05) is 25.8 Å². The number of methoxy groups -OCH3 is 1. The van der Waals surface area contributed by atoms with Gasteiger partial charge in [0.1, 0.15) is 11.6 Å². The summed E-state index contributed by atoms with van der Waals surface area (Å²) in [6.07, 6.45) is 3.05. The first-order chi connectivity index (χ1) is 9.10. The van der Waals surface area contributed by atoms with Crippen LogP contribution in [0.2, 0.25) is 0 Å². The summed E-state index contributed by atoms with van der Waals surface area (Å²) in [5, 5.41) is 11.6. The Bertz CT molecular complexity index is 478. The monoisotopic (exact) mass is 266 g/mol. The summed E-state index contributed by atoms with van der Waals surface area (Å²) >= 11 is 0. The van der Waals surface area contributed by atoms with Crippen LogP contribution < -0.4 is 5.32 Å². The molecule has 0 bridgehead atoms. The van der Waals surface area contributed by atoms with E-state index in [0.29, 0.717) is 6.54 Å². The molecule has 1 aromatic rings. The molecule has 0 unspecified atom stereocenters. The number of nitrogens with one attached hydrogen (secondary N) is 1. The Morgan fingerprint density at radius 1 is 1.37 bits per heavy atom. The van der Waals surface area contributed by atoms with E-state index in [0.717, 1.165) is 31.4 Å². The number of hydrogen-bond donors (Lipinski definition) is 1. The third-order valence-electron chi connectivity index (χ3n) is 3.72. The van der Waals surface area contributed by atoms with Crippen molar-refractivity contribution in [3.05, 3.63) is 34.9 Å². The fraction of sp³-hybridized carbons (Fsp3) is 0.500. The fourth-order valence-electron chi connectivity index (χ4n) is 2.28. The topological polar surface area (TPSA) is 45.0 Å². The van der Waals surface area contributed by atoms with Gasteiger partial charge in [-0.05, 0) is 31.4 Å². The molecule has 3 nitrogen and oxygen atoms in total. The van der Waals surface area contributed by atoms with Crippen LogP contribution in [0.4, 0.5) is 8.78 Å². The van der Waals surface area contributed by atoms with Crippen LogP contribution >= 0.6 is 0 Å². The summed E-state index contributed by atoms with van der Waals surface area (Å²) in [6.45, 7) is 0.664.